The van der Waals surface area contributed by atoms with E-state index in [9.17, 15) is 0 Å². The van der Waals surface area contributed by atoms with E-state index in [1.165, 1.54) is 16.7 Å². The molecule has 0 spiro atoms. The van der Waals surface area contributed by atoms with E-state index in [1.807, 2.05) is 7.05 Å². The predicted octanol–water partition coefficient (Wildman–Crippen LogP) is 2.47. The van der Waals surface area contributed by atoms with Crippen LogP contribution in [0.1, 0.15) is 22.5 Å². The van der Waals surface area contributed by atoms with Crippen molar-refractivity contribution in [2.45, 2.75) is 27.3 Å². The van der Waals surface area contributed by atoms with Crippen molar-refractivity contribution in [1.82, 2.24) is 9.55 Å². The zero-order valence-corrected chi connectivity index (χ0v) is 10.9. The highest BCUT2D eigenvalue weighted by molar-refractivity contribution is 5.62. The van der Waals surface area contributed by atoms with Crippen LogP contribution in [0.4, 0.5) is 0 Å². The van der Waals surface area contributed by atoms with Gasteiger partial charge in [0.25, 0.3) is 0 Å². The Morgan fingerprint density at radius 3 is 2.47 bits per heavy atom. The smallest absolute Gasteiger partial charge is 0.140 e. The molecule has 17 heavy (non-hydrogen) atoms. The van der Waals surface area contributed by atoms with Crippen LogP contribution in [-0.4, -0.2) is 9.55 Å². The van der Waals surface area contributed by atoms with Crippen molar-refractivity contribution in [3.63, 3.8) is 0 Å². The summed E-state index contributed by atoms with van der Waals surface area (Å²) in [7, 11) is 2.04. The molecule has 2 N–H and O–H groups in total. The molecule has 0 fully saturated rings. The summed E-state index contributed by atoms with van der Waals surface area (Å²) in [5.74, 6) is 1.00. The zero-order valence-electron chi connectivity index (χ0n) is 10.9. The molecule has 90 valence electrons. The van der Waals surface area contributed by atoms with E-state index in [0.29, 0.717) is 6.54 Å². The third-order valence-corrected chi connectivity index (χ3v) is 3.30. The Morgan fingerprint density at radius 1 is 1.24 bits per heavy atom. The first-order chi connectivity index (χ1) is 8.04. The van der Waals surface area contributed by atoms with Crippen molar-refractivity contribution in [3.05, 3.63) is 40.7 Å². The molecule has 2 aromatic rings. The maximum Gasteiger partial charge on any atom is 0.140 e. The Morgan fingerprint density at radius 2 is 1.94 bits per heavy atom. The van der Waals surface area contributed by atoms with Crippen LogP contribution in [0.25, 0.3) is 11.4 Å². The minimum absolute atomic E-state index is 0.491. The molecule has 1 aromatic heterocycles. The third-order valence-electron chi connectivity index (χ3n) is 3.30. The second-order valence-electron chi connectivity index (χ2n) is 4.55. The monoisotopic (exact) mass is 229 g/mol. The van der Waals surface area contributed by atoms with Crippen LogP contribution >= 0.6 is 0 Å². The Balaban J connectivity index is 2.60. The van der Waals surface area contributed by atoms with Gasteiger partial charge in [-0.1, -0.05) is 23.8 Å². The van der Waals surface area contributed by atoms with Gasteiger partial charge in [-0.15, -0.1) is 0 Å². The molecule has 2 rings (SSSR count). The summed E-state index contributed by atoms with van der Waals surface area (Å²) in [5, 5.41) is 0. The number of aryl methyl sites for hydroxylation is 2. The van der Waals surface area contributed by atoms with Gasteiger partial charge >= 0.3 is 0 Å². The predicted molar refractivity (Wildman–Crippen MR) is 70.7 cm³/mol. The normalized spacial score (nSPS) is 10.9. The summed E-state index contributed by atoms with van der Waals surface area (Å²) < 4.78 is 2.11. The summed E-state index contributed by atoms with van der Waals surface area (Å²) in [5.41, 5.74) is 11.5. The summed E-state index contributed by atoms with van der Waals surface area (Å²) in [4.78, 5) is 4.63. The van der Waals surface area contributed by atoms with Crippen LogP contribution in [-0.2, 0) is 13.6 Å². The van der Waals surface area contributed by atoms with E-state index >= 15 is 0 Å². The van der Waals surface area contributed by atoms with Crippen molar-refractivity contribution >= 4 is 0 Å². The minimum atomic E-state index is 0.491. The van der Waals surface area contributed by atoms with Gasteiger partial charge in [0.15, 0.2) is 0 Å². The van der Waals surface area contributed by atoms with Crippen molar-refractivity contribution in [1.29, 1.82) is 0 Å². The SMILES string of the molecule is Cc1ccc(-c2nc(CN)c(C)n2C)c(C)c1. The zero-order chi connectivity index (χ0) is 12.6. The van der Waals surface area contributed by atoms with Crippen LogP contribution in [0.15, 0.2) is 18.2 Å². The van der Waals surface area contributed by atoms with Gasteiger partial charge in [0, 0.05) is 24.8 Å². The first-order valence-corrected chi connectivity index (χ1v) is 5.84. The number of rotatable bonds is 2. The lowest BCUT2D eigenvalue weighted by Crippen LogP contribution is -1.99. The molecule has 0 bridgehead atoms. The van der Waals surface area contributed by atoms with Gasteiger partial charge in [0.1, 0.15) is 5.82 Å². The molecule has 3 heteroatoms. The van der Waals surface area contributed by atoms with Crippen LogP contribution in [0, 0.1) is 20.8 Å². The quantitative estimate of drug-likeness (QED) is 0.859. The molecular weight excluding hydrogens is 210 g/mol. The molecular formula is C14H19N3. The Labute approximate surface area is 102 Å². The van der Waals surface area contributed by atoms with Gasteiger partial charge in [0.05, 0.1) is 5.69 Å². The Kier molecular flexibility index (Phi) is 3.03. The summed E-state index contributed by atoms with van der Waals surface area (Å²) in [6, 6.07) is 6.43. The molecule has 0 unspecified atom stereocenters. The molecule has 3 nitrogen and oxygen atoms in total. The fourth-order valence-electron chi connectivity index (χ4n) is 2.13. The van der Waals surface area contributed by atoms with Gasteiger partial charge in [-0.25, -0.2) is 4.98 Å². The molecule has 0 saturated carbocycles. The highest BCUT2D eigenvalue weighted by atomic mass is 15.1. The number of benzene rings is 1. The highest BCUT2D eigenvalue weighted by Gasteiger charge is 2.13. The fraction of sp³-hybridized carbons (Fsp3) is 0.357. The van der Waals surface area contributed by atoms with E-state index < -0.39 is 0 Å². The first kappa shape index (κ1) is 11.9. The molecule has 0 saturated heterocycles. The van der Waals surface area contributed by atoms with Gasteiger partial charge in [-0.3, -0.25) is 0 Å². The summed E-state index contributed by atoms with van der Waals surface area (Å²) in [6.07, 6.45) is 0. The average Bonchev–Trinajstić information content (AvgIpc) is 2.57. The van der Waals surface area contributed by atoms with Crippen molar-refractivity contribution < 1.29 is 0 Å². The lowest BCUT2D eigenvalue weighted by molar-refractivity contribution is 0.872. The van der Waals surface area contributed by atoms with Crippen LogP contribution in [0.3, 0.4) is 0 Å². The largest absolute Gasteiger partial charge is 0.331 e. The van der Waals surface area contributed by atoms with Gasteiger partial charge in [0.2, 0.25) is 0 Å². The Bertz CT molecular complexity index is 553. The lowest BCUT2D eigenvalue weighted by Gasteiger charge is -2.07. The van der Waals surface area contributed by atoms with Crippen molar-refractivity contribution in [3.8, 4) is 11.4 Å². The summed E-state index contributed by atoms with van der Waals surface area (Å²) >= 11 is 0. The number of nitrogens with zero attached hydrogens (tertiary/aromatic N) is 2. The van der Waals surface area contributed by atoms with E-state index in [0.717, 1.165) is 17.2 Å². The summed E-state index contributed by atoms with van der Waals surface area (Å²) in [6.45, 7) is 6.77. The lowest BCUT2D eigenvalue weighted by atomic mass is 10.1. The number of nitrogens with two attached hydrogens (primary N) is 1. The topological polar surface area (TPSA) is 43.8 Å². The number of hydrogen-bond donors (Lipinski definition) is 1. The minimum Gasteiger partial charge on any atom is -0.331 e. The third kappa shape index (κ3) is 1.98. The second kappa shape index (κ2) is 4.34. The van der Waals surface area contributed by atoms with Gasteiger partial charge in [-0.2, -0.15) is 0 Å². The molecule has 0 radical (unpaired) electrons. The van der Waals surface area contributed by atoms with Crippen molar-refractivity contribution in [2.75, 3.05) is 0 Å². The second-order valence-corrected chi connectivity index (χ2v) is 4.55. The molecule has 0 aliphatic rings. The van der Waals surface area contributed by atoms with E-state index in [1.54, 1.807) is 0 Å². The molecule has 0 aliphatic carbocycles. The fourth-order valence-corrected chi connectivity index (χ4v) is 2.13. The maximum atomic E-state index is 5.70. The first-order valence-electron chi connectivity index (χ1n) is 5.84. The molecule has 0 amide bonds. The molecule has 1 aromatic carbocycles. The van der Waals surface area contributed by atoms with Crippen molar-refractivity contribution in [2.24, 2.45) is 12.8 Å². The highest BCUT2D eigenvalue weighted by Crippen LogP contribution is 2.25. The van der Waals surface area contributed by atoms with Gasteiger partial charge < -0.3 is 10.3 Å². The Hall–Kier alpha value is -1.61. The van der Waals surface area contributed by atoms with E-state index in [4.69, 9.17) is 5.73 Å². The number of aromatic nitrogens is 2. The number of imidazole rings is 1. The van der Waals surface area contributed by atoms with Crippen LogP contribution in [0.5, 0.6) is 0 Å². The molecule has 0 atom stereocenters. The van der Waals surface area contributed by atoms with Crippen LogP contribution in [0.2, 0.25) is 0 Å². The standard InChI is InChI=1S/C14H19N3/c1-9-5-6-12(10(2)7-9)14-16-13(8-15)11(3)17(14)4/h5-7H,8,15H2,1-4H3. The van der Waals surface area contributed by atoms with E-state index in [-0.39, 0.29) is 0 Å². The molecule has 0 aliphatic heterocycles. The average molecular weight is 229 g/mol. The number of hydrogen-bond acceptors (Lipinski definition) is 2. The van der Waals surface area contributed by atoms with Crippen LogP contribution < -0.4 is 5.73 Å². The molecule has 1 heterocycles. The van der Waals surface area contributed by atoms with Gasteiger partial charge in [-0.05, 0) is 26.3 Å². The van der Waals surface area contributed by atoms with E-state index in [2.05, 4.69) is 48.5 Å². The maximum absolute atomic E-state index is 5.70.